The van der Waals surface area contributed by atoms with Crippen LogP contribution in [0.4, 0.5) is 0 Å². The molecule has 0 aromatic carbocycles. The van der Waals surface area contributed by atoms with Crippen LogP contribution in [0.15, 0.2) is 0 Å². The molecule has 3 rings (SSSR count). The van der Waals surface area contributed by atoms with Crippen molar-refractivity contribution in [2.24, 2.45) is 53.3 Å². The van der Waals surface area contributed by atoms with E-state index < -0.39 is 0 Å². The van der Waals surface area contributed by atoms with Gasteiger partial charge in [0.25, 0.3) is 0 Å². The molecular formula is C30H58ClN. The van der Waals surface area contributed by atoms with E-state index in [1.165, 1.54) is 57.8 Å². The molecule has 190 valence electrons. The van der Waals surface area contributed by atoms with Crippen LogP contribution in [-0.2, 0) is 0 Å². The van der Waals surface area contributed by atoms with Gasteiger partial charge in [0.2, 0.25) is 0 Å². The van der Waals surface area contributed by atoms with Crippen molar-refractivity contribution in [3.05, 3.63) is 0 Å². The Morgan fingerprint density at radius 3 is 0.938 bits per heavy atom. The normalized spacial score (nSPS) is 41.3. The summed E-state index contributed by atoms with van der Waals surface area (Å²) in [4.78, 5) is 3.29. The highest BCUT2D eigenvalue weighted by molar-refractivity contribution is 5.85. The number of halogens is 1. The van der Waals surface area contributed by atoms with E-state index >= 15 is 0 Å². The summed E-state index contributed by atoms with van der Waals surface area (Å²) in [5.74, 6) is 7.84. The van der Waals surface area contributed by atoms with Gasteiger partial charge in [-0.2, -0.15) is 0 Å². The molecule has 32 heavy (non-hydrogen) atoms. The third-order valence-corrected chi connectivity index (χ3v) is 10.1. The van der Waals surface area contributed by atoms with Gasteiger partial charge in [0.05, 0.1) is 0 Å². The smallest absolute Gasteiger partial charge is 0.0135 e. The molecule has 0 radical (unpaired) electrons. The van der Waals surface area contributed by atoms with Gasteiger partial charge in [-0.1, -0.05) is 81.6 Å². The van der Waals surface area contributed by atoms with E-state index in [1.54, 1.807) is 0 Å². The summed E-state index contributed by atoms with van der Waals surface area (Å²) in [6.07, 6.45) is 13.1. The Hall–Kier alpha value is 0.250. The standard InChI is InChI=1S/C30H57N.ClH/c1-19(2)25-13-10-22(7)16-28(25)31(29-17-23(8)11-14-26(29)20(3)4)30-18-24(9)12-15-27(30)21(5)6;/h19-30H,10-18H2,1-9H3;1H. The highest BCUT2D eigenvalue weighted by Crippen LogP contribution is 2.48. The molecule has 1 nitrogen and oxygen atoms in total. The van der Waals surface area contributed by atoms with Crippen LogP contribution in [0, 0.1) is 53.3 Å². The Balaban J connectivity index is 0.00000363. The molecule has 9 atom stereocenters. The Bertz CT molecular complexity index is 467. The Morgan fingerprint density at radius 2 is 0.719 bits per heavy atom. The Morgan fingerprint density at radius 1 is 0.469 bits per heavy atom. The lowest BCUT2D eigenvalue weighted by molar-refractivity contribution is -0.0836. The van der Waals surface area contributed by atoms with Gasteiger partial charge in [-0.15, -0.1) is 12.4 Å². The van der Waals surface area contributed by atoms with Crippen molar-refractivity contribution in [2.45, 2.75) is 138 Å². The van der Waals surface area contributed by atoms with Crippen molar-refractivity contribution < 1.29 is 0 Å². The van der Waals surface area contributed by atoms with Crippen molar-refractivity contribution in [3.63, 3.8) is 0 Å². The molecule has 0 saturated heterocycles. The fourth-order valence-corrected chi connectivity index (χ4v) is 8.22. The average molecular weight is 468 g/mol. The fourth-order valence-electron chi connectivity index (χ4n) is 8.22. The minimum absolute atomic E-state index is 0. The monoisotopic (exact) mass is 467 g/mol. The van der Waals surface area contributed by atoms with Crippen LogP contribution in [0.2, 0.25) is 0 Å². The van der Waals surface area contributed by atoms with E-state index in [0.29, 0.717) is 0 Å². The maximum absolute atomic E-state index is 3.29. The largest absolute Gasteiger partial charge is 0.294 e. The van der Waals surface area contributed by atoms with Gasteiger partial charge in [-0.3, -0.25) is 4.90 Å². The van der Waals surface area contributed by atoms with Gasteiger partial charge >= 0.3 is 0 Å². The zero-order valence-corrected chi connectivity index (χ0v) is 24.0. The van der Waals surface area contributed by atoms with Crippen LogP contribution in [0.1, 0.15) is 120 Å². The summed E-state index contributed by atoms with van der Waals surface area (Å²) in [6.45, 7) is 22.8. The molecule has 0 aromatic heterocycles. The van der Waals surface area contributed by atoms with Crippen molar-refractivity contribution >= 4 is 12.4 Å². The molecule has 0 bridgehead atoms. The number of hydrogen-bond donors (Lipinski definition) is 0. The molecule has 9 unspecified atom stereocenters. The lowest BCUT2D eigenvalue weighted by atomic mass is 9.66. The van der Waals surface area contributed by atoms with E-state index in [4.69, 9.17) is 0 Å². The molecular weight excluding hydrogens is 410 g/mol. The SMILES string of the molecule is CC1CCC(C(C)C)C(N(C2CC(C)CCC2C(C)C)C2CC(C)CCC2C(C)C)C1.Cl. The molecule has 0 amide bonds. The van der Waals surface area contributed by atoms with Crippen LogP contribution < -0.4 is 0 Å². The summed E-state index contributed by atoms with van der Waals surface area (Å²) in [5.41, 5.74) is 0. The molecule has 3 aliphatic rings. The van der Waals surface area contributed by atoms with Crippen molar-refractivity contribution in [1.82, 2.24) is 4.90 Å². The first-order valence-corrected chi connectivity index (χ1v) is 14.4. The van der Waals surface area contributed by atoms with Crippen LogP contribution >= 0.6 is 12.4 Å². The average Bonchev–Trinajstić information content (AvgIpc) is 2.67. The molecule has 3 fully saturated rings. The second-order valence-electron chi connectivity index (χ2n) is 13.6. The lowest BCUT2D eigenvalue weighted by Crippen LogP contribution is -2.61. The quantitative estimate of drug-likeness (QED) is 0.376. The first-order chi connectivity index (χ1) is 14.6. The van der Waals surface area contributed by atoms with E-state index in [-0.39, 0.29) is 12.4 Å². The highest BCUT2D eigenvalue weighted by Gasteiger charge is 2.47. The minimum Gasteiger partial charge on any atom is -0.294 e. The maximum Gasteiger partial charge on any atom is 0.0135 e. The summed E-state index contributed by atoms with van der Waals surface area (Å²) in [7, 11) is 0. The molecule has 0 heterocycles. The highest BCUT2D eigenvalue weighted by atomic mass is 35.5. The van der Waals surface area contributed by atoms with Crippen LogP contribution in [0.25, 0.3) is 0 Å². The summed E-state index contributed by atoms with van der Waals surface area (Å²) in [5, 5.41) is 0. The molecule has 0 aromatic rings. The fraction of sp³-hybridized carbons (Fsp3) is 1.00. The second kappa shape index (κ2) is 12.3. The van der Waals surface area contributed by atoms with E-state index in [1.807, 2.05) is 0 Å². The predicted octanol–water partition coefficient (Wildman–Crippen LogP) is 9.09. The third-order valence-electron chi connectivity index (χ3n) is 10.1. The maximum atomic E-state index is 3.29. The van der Waals surface area contributed by atoms with Gasteiger partial charge < -0.3 is 0 Å². The van der Waals surface area contributed by atoms with Gasteiger partial charge in [0.15, 0.2) is 0 Å². The third kappa shape index (κ3) is 6.47. The van der Waals surface area contributed by atoms with Crippen molar-refractivity contribution in [3.8, 4) is 0 Å². The van der Waals surface area contributed by atoms with Crippen LogP contribution in [0.5, 0.6) is 0 Å². The number of hydrogen-bond acceptors (Lipinski definition) is 1. The van der Waals surface area contributed by atoms with E-state index in [2.05, 4.69) is 67.2 Å². The number of nitrogens with zero attached hydrogens (tertiary/aromatic N) is 1. The zero-order chi connectivity index (χ0) is 22.9. The zero-order valence-electron chi connectivity index (χ0n) is 23.1. The predicted molar refractivity (Wildman–Crippen MR) is 144 cm³/mol. The minimum atomic E-state index is 0. The van der Waals surface area contributed by atoms with Gasteiger partial charge in [-0.05, 0) is 91.8 Å². The summed E-state index contributed by atoms with van der Waals surface area (Å²) >= 11 is 0. The van der Waals surface area contributed by atoms with Gasteiger partial charge in [0.1, 0.15) is 0 Å². The lowest BCUT2D eigenvalue weighted by Gasteiger charge is -2.57. The molecule has 3 saturated carbocycles. The molecule has 2 heteroatoms. The van der Waals surface area contributed by atoms with Crippen LogP contribution in [-0.4, -0.2) is 23.0 Å². The summed E-state index contributed by atoms with van der Waals surface area (Å²) in [6, 6.07) is 2.45. The van der Waals surface area contributed by atoms with Gasteiger partial charge in [-0.25, -0.2) is 0 Å². The van der Waals surface area contributed by atoms with Crippen molar-refractivity contribution in [2.75, 3.05) is 0 Å². The van der Waals surface area contributed by atoms with E-state index in [9.17, 15) is 0 Å². The molecule has 3 aliphatic carbocycles. The summed E-state index contributed by atoms with van der Waals surface area (Å²) < 4.78 is 0. The topological polar surface area (TPSA) is 3.24 Å². The molecule has 0 spiro atoms. The molecule has 0 aliphatic heterocycles. The van der Waals surface area contributed by atoms with Gasteiger partial charge in [0, 0.05) is 18.1 Å². The van der Waals surface area contributed by atoms with Crippen molar-refractivity contribution in [1.29, 1.82) is 0 Å². The second-order valence-corrected chi connectivity index (χ2v) is 13.6. The first-order valence-electron chi connectivity index (χ1n) is 14.4. The number of rotatable bonds is 6. The first kappa shape index (κ1) is 28.5. The van der Waals surface area contributed by atoms with E-state index in [0.717, 1.165) is 71.4 Å². The Kier molecular flexibility index (Phi) is 10.9. The Labute approximate surface area is 208 Å². The molecule has 0 N–H and O–H groups in total. The van der Waals surface area contributed by atoms with Crippen LogP contribution in [0.3, 0.4) is 0 Å².